The summed E-state index contributed by atoms with van der Waals surface area (Å²) in [5, 5.41) is 0. The van der Waals surface area contributed by atoms with E-state index in [-0.39, 0.29) is 0 Å². The first kappa shape index (κ1) is 15.3. The number of halogens is 1. The van der Waals surface area contributed by atoms with Gasteiger partial charge in [-0.05, 0) is 56.3 Å². The van der Waals surface area contributed by atoms with E-state index in [1.54, 1.807) is 0 Å². The highest BCUT2D eigenvalue weighted by atomic mass is 79.9. The highest BCUT2D eigenvalue weighted by Gasteiger charge is 2.28. The first-order valence-corrected chi connectivity index (χ1v) is 8.89. The predicted molar refractivity (Wildman–Crippen MR) is 106 cm³/mol. The fourth-order valence-corrected chi connectivity index (χ4v) is 3.47. The minimum absolute atomic E-state index is 0.817. The molecule has 1 heterocycles. The van der Waals surface area contributed by atoms with E-state index < -0.39 is 0 Å². The van der Waals surface area contributed by atoms with Crippen LogP contribution in [0.3, 0.4) is 0 Å². The number of aryl methyl sites for hydroxylation is 2. The molecule has 0 aromatic heterocycles. The Bertz CT molecular complexity index is 869. The molecule has 0 unspecified atom stereocenters. The Balaban J connectivity index is 1.80. The fraction of sp³-hybridized carbons (Fsp3) is 0.143. The van der Waals surface area contributed by atoms with Gasteiger partial charge in [0.05, 0.1) is 11.4 Å². The van der Waals surface area contributed by atoms with Crippen LogP contribution in [0.4, 0.5) is 22.7 Å². The molecule has 0 aliphatic carbocycles. The number of benzene rings is 3. The van der Waals surface area contributed by atoms with Crippen molar-refractivity contribution in [3.05, 3.63) is 82.3 Å². The molecule has 0 amide bonds. The number of hydrogen-bond donors (Lipinski definition) is 0. The van der Waals surface area contributed by atoms with Crippen molar-refractivity contribution in [1.29, 1.82) is 0 Å². The summed E-state index contributed by atoms with van der Waals surface area (Å²) in [6.45, 7) is 5.06. The monoisotopic (exact) mass is 378 g/mol. The molecule has 0 saturated carbocycles. The van der Waals surface area contributed by atoms with Crippen molar-refractivity contribution in [2.24, 2.45) is 0 Å². The lowest BCUT2D eigenvalue weighted by Crippen LogP contribution is -2.23. The zero-order chi connectivity index (χ0) is 16.7. The van der Waals surface area contributed by atoms with Gasteiger partial charge in [0.2, 0.25) is 0 Å². The summed E-state index contributed by atoms with van der Waals surface area (Å²) < 4.78 is 1.10. The number of rotatable bonds is 2. The minimum Gasteiger partial charge on any atom is -0.321 e. The molecule has 120 valence electrons. The first-order chi connectivity index (χ1) is 11.6. The van der Waals surface area contributed by atoms with E-state index in [0.29, 0.717) is 0 Å². The highest BCUT2D eigenvalue weighted by molar-refractivity contribution is 9.10. The van der Waals surface area contributed by atoms with Gasteiger partial charge in [0, 0.05) is 15.8 Å². The first-order valence-electron chi connectivity index (χ1n) is 8.10. The lowest BCUT2D eigenvalue weighted by Gasteiger charge is -2.22. The van der Waals surface area contributed by atoms with Crippen LogP contribution in [-0.2, 0) is 0 Å². The van der Waals surface area contributed by atoms with Crippen molar-refractivity contribution in [3.63, 3.8) is 0 Å². The van der Waals surface area contributed by atoms with Gasteiger partial charge in [-0.15, -0.1) is 0 Å². The largest absolute Gasteiger partial charge is 0.321 e. The van der Waals surface area contributed by atoms with E-state index in [1.165, 1.54) is 33.9 Å². The quantitative estimate of drug-likeness (QED) is 0.515. The van der Waals surface area contributed by atoms with Gasteiger partial charge in [-0.3, -0.25) is 0 Å². The lowest BCUT2D eigenvalue weighted by atomic mass is 10.2. The Morgan fingerprint density at radius 1 is 0.667 bits per heavy atom. The van der Waals surface area contributed by atoms with Crippen LogP contribution in [-0.4, -0.2) is 6.67 Å². The zero-order valence-electron chi connectivity index (χ0n) is 13.8. The van der Waals surface area contributed by atoms with Crippen LogP contribution in [0.2, 0.25) is 0 Å². The fourth-order valence-electron chi connectivity index (χ4n) is 3.13. The molecule has 3 aromatic rings. The van der Waals surface area contributed by atoms with Crippen LogP contribution >= 0.6 is 15.9 Å². The van der Waals surface area contributed by atoms with Gasteiger partial charge in [-0.25, -0.2) is 0 Å². The van der Waals surface area contributed by atoms with E-state index >= 15 is 0 Å². The zero-order valence-corrected chi connectivity index (χ0v) is 15.4. The molecule has 0 atom stereocenters. The summed E-state index contributed by atoms with van der Waals surface area (Å²) in [5.41, 5.74) is 7.47. The average Bonchev–Trinajstić information content (AvgIpc) is 2.95. The molecule has 0 radical (unpaired) electrons. The van der Waals surface area contributed by atoms with Crippen molar-refractivity contribution in [1.82, 2.24) is 0 Å². The lowest BCUT2D eigenvalue weighted by molar-refractivity contribution is 0.990. The third-order valence-corrected chi connectivity index (χ3v) is 4.99. The average molecular weight is 379 g/mol. The summed E-state index contributed by atoms with van der Waals surface area (Å²) in [5.74, 6) is 0. The molecule has 24 heavy (non-hydrogen) atoms. The van der Waals surface area contributed by atoms with Crippen molar-refractivity contribution in [2.75, 3.05) is 16.5 Å². The van der Waals surface area contributed by atoms with Gasteiger partial charge in [0.1, 0.15) is 6.67 Å². The number of hydrogen-bond acceptors (Lipinski definition) is 2. The molecule has 4 rings (SSSR count). The van der Waals surface area contributed by atoms with E-state index in [9.17, 15) is 0 Å². The molecule has 0 spiro atoms. The second-order valence-electron chi connectivity index (χ2n) is 6.30. The third-order valence-electron chi connectivity index (χ3n) is 4.49. The molecule has 0 N–H and O–H groups in total. The molecule has 0 fully saturated rings. The standard InChI is InChI=1S/C21H19BrN2/c1-15-3-8-18(9-4-15)23-14-24(19-10-5-16(2)6-11-19)21-13-17(22)7-12-20(21)23/h3-13H,14H2,1-2H3. The minimum atomic E-state index is 0.817. The maximum atomic E-state index is 3.62. The number of fused-ring (bicyclic) bond motifs is 1. The van der Waals surface area contributed by atoms with Crippen molar-refractivity contribution in [3.8, 4) is 0 Å². The van der Waals surface area contributed by atoms with Gasteiger partial charge in [-0.2, -0.15) is 0 Å². The Morgan fingerprint density at radius 2 is 1.17 bits per heavy atom. The molecule has 3 aromatic carbocycles. The number of nitrogens with zero attached hydrogens (tertiary/aromatic N) is 2. The Morgan fingerprint density at radius 3 is 1.71 bits per heavy atom. The van der Waals surface area contributed by atoms with Crippen LogP contribution in [0, 0.1) is 13.8 Å². The van der Waals surface area contributed by atoms with Crippen LogP contribution in [0.1, 0.15) is 11.1 Å². The SMILES string of the molecule is Cc1ccc(N2CN(c3ccc(C)cc3)c3cc(Br)ccc32)cc1. The molecular formula is C21H19BrN2. The molecular weight excluding hydrogens is 360 g/mol. The van der Waals surface area contributed by atoms with E-state index in [2.05, 4.69) is 106 Å². The van der Waals surface area contributed by atoms with Gasteiger partial charge in [0.15, 0.2) is 0 Å². The second kappa shape index (κ2) is 5.99. The van der Waals surface area contributed by atoms with Crippen LogP contribution in [0.25, 0.3) is 0 Å². The third kappa shape index (κ3) is 2.69. The van der Waals surface area contributed by atoms with Crippen molar-refractivity contribution in [2.45, 2.75) is 13.8 Å². The smallest absolute Gasteiger partial charge is 0.100 e. The van der Waals surface area contributed by atoms with E-state index in [4.69, 9.17) is 0 Å². The van der Waals surface area contributed by atoms with Gasteiger partial charge >= 0.3 is 0 Å². The Kier molecular flexibility index (Phi) is 3.81. The van der Waals surface area contributed by atoms with Gasteiger partial charge in [-0.1, -0.05) is 51.3 Å². The Hall–Kier alpha value is -2.26. The predicted octanol–water partition coefficient (Wildman–Crippen LogP) is 6.31. The van der Waals surface area contributed by atoms with Crippen molar-refractivity contribution < 1.29 is 0 Å². The highest BCUT2D eigenvalue weighted by Crippen LogP contribution is 2.45. The summed E-state index contributed by atoms with van der Waals surface area (Å²) in [6, 6.07) is 23.9. The van der Waals surface area contributed by atoms with Gasteiger partial charge < -0.3 is 9.80 Å². The summed E-state index contributed by atoms with van der Waals surface area (Å²) >= 11 is 3.62. The topological polar surface area (TPSA) is 6.48 Å². The molecule has 0 bridgehead atoms. The van der Waals surface area contributed by atoms with Crippen LogP contribution in [0.15, 0.2) is 71.2 Å². The summed E-state index contributed by atoms with van der Waals surface area (Å²) in [7, 11) is 0. The van der Waals surface area contributed by atoms with Crippen LogP contribution in [0.5, 0.6) is 0 Å². The molecule has 2 nitrogen and oxygen atoms in total. The Labute approximate surface area is 151 Å². The maximum absolute atomic E-state index is 3.62. The van der Waals surface area contributed by atoms with Crippen LogP contribution < -0.4 is 9.80 Å². The maximum Gasteiger partial charge on any atom is 0.100 e. The molecule has 1 aliphatic heterocycles. The summed E-state index contributed by atoms with van der Waals surface area (Å²) in [4.78, 5) is 4.72. The second-order valence-corrected chi connectivity index (χ2v) is 7.22. The van der Waals surface area contributed by atoms with Gasteiger partial charge in [0.25, 0.3) is 0 Å². The number of anilines is 4. The van der Waals surface area contributed by atoms with E-state index in [0.717, 1.165) is 11.1 Å². The summed E-state index contributed by atoms with van der Waals surface area (Å²) in [6.07, 6.45) is 0. The van der Waals surface area contributed by atoms with Crippen molar-refractivity contribution >= 4 is 38.7 Å². The molecule has 1 aliphatic rings. The van der Waals surface area contributed by atoms with E-state index in [1.807, 2.05) is 0 Å². The molecule has 3 heteroatoms. The molecule has 0 saturated heterocycles. The normalized spacial score (nSPS) is 13.3.